The van der Waals surface area contributed by atoms with Gasteiger partial charge in [0.2, 0.25) is 0 Å². The van der Waals surface area contributed by atoms with E-state index < -0.39 is 15.6 Å². The first kappa shape index (κ1) is 17.7. The van der Waals surface area contributed by atoms with Gasteiger partial charge in [0.25, 0.3) is 15.9 Å². The first-order valence-corrected chi connectivity index (χ1v) is 9.13. The summed E-state index contributed by atoms with van der Waals surface area (Å²) in [6.45, 7) is 0. The van der Waals surface area contributed by atoms with Crippen molar-refractivity contribution in [2.24, 2.45) is 0 Å². The van der Waals surface area contributed by atoms with Crippen molar-refractivity contribution in [2.45, 2.75) is 4.90 Å². The molecule has 0 radical (unpaired) electrons. The van der Waals surface area contributed by atoms with Crippen molar-refractivity contribution in [1.82, 2.24) is 4.90 Å². The van der Waals surface area contributed by atoms with E-state index in [1.165, 1.54) is 47.4 Å². The molecule has 26 heavy (non-hydrogen) atoms. The second kappa shape index (κ2) is 6.64. The van der Waals surface area contributed by atoms with Crippen molar-refractivity contribution >= 4 is 32.6 Å². The number of anilines is 1. The largest absolute Gasteiger partial charge is 0.423 e. The van der Waals surface area contributed by atoms with Crippen LogP contribution >= 0.6 is 0 Å². The average Bonchev–Trinajstić information content (AvgIpc) is 2.60. The zero-order valence-electron chi connectivity index (χ0n) is 14.1. The molecule has 0 spiro atoms. The topological polar surface area (TPSA) is 96.7 Å². The van der Waals surface area contributed by atoms with Crippen molar-refractivity contribution in [3.8, 4) is 0 Å². The maximum absolute atomic E-state index is 12.6. The Bertz CT molecular complexity index is 1130. The molecule has 1 amide bonds. The molecule has 3 rings (SSSR count). The predicted octanol–water partition coefficient (Wildman–Crippen LogP) is 2.30. The van der Waals surface area contributed by atoms with Crippen molar-refractivity contribution in [2.75, 3.05) is 18.8 Å². The van der Waals surface area contributed by atoms with Crippen LogP contribution in [-0.4, -0.2) is 33.3 Å². The molecule has 1 N–H and O–H groups in total. The van der Waals surface area contributed by atoms with E-state index in [2.05, 4.69) is 4.72 Å². The highest BCUT2D eigenvalue weighted by atomic mass is 32.2. The highest BCUT2D eigenvalue weighted by Crippen LogP contribution is 2.21. The molecule has 0 aliphatic carbocycles. The summed E-state index contributed by atoms with van der Waals surface area (Å²) in [5.74, 6) is -0.171. The number of rotatable bonds is 4. The number of hydrogen-bond acceptors (Lipinski definition) is 5. The third-order valence-electron chi connectivity index (χ3n) is 3.69. The molecule has 0 atom stereocenters. The third-order valence-corrected chi connectivity index (χ3v) is 5.07. The number of nitrogens with one attached hydrogen (secondary N) is 1. The summed E-state index contributed by atoms with van der Waals surface area (Å²) in [5, 5.41) is 0.499. The molecule has 0 bridgehead atoms. The molecular weight excluding hydrogens is 356 g/mol. The van der Waals surface area contributed by atoms with Crippen molar-refractivity contribution < 1.29 is 17.6 Å². The Morgan fingerprint density at radius 1 is 1.00 bits per heavy atom. The lowest BCUT2D eigenvalue weighted by atomic mass is 10.2. The lowest BCUT2D eigenvalue weighted by Gasteiger charge is -2.12. The van der Waals surface area contributed by atoms with Gasteiger partial charge < -0.3 is 9.32 Å². The number of fused-ring (bicyclic) bond motifs is 1. The minimum absolute atomic E-state index is 0.0345. The fourth-order valence-electron chi connectivity index (χ4n) is 2.37. The van der Waals surface area contributed by atoms with Crippen LogP contribution in [0.25, 0.3) is 11.0 Å². The van der Waals surface area contributed by atoms with Crippen LogP contribution in [0.1, 0.15) is 10.4 Å². The highest BCUT2D eigenvalue weighted by molar-refractivity contribution is 7.92. The molecule has 8 heteroatoms. The van der Waals surface area contributed by atoms with Crippen LogP contribution in [0.3, 0.4) is 0 Å². The van der Waals surface area contributed by atoms with Gasteiger partial charge in [-0.15, -0.1) is 0 Å². The summed E-state index contributed by atoms with van der Waals surface area (Å²) in [4.78, 5) is 24.5. The van der Waals surface area contributed by atoms with Gasteiger partial charge in [-0.05, 0) is 48.5 Å². The number of sulfonamides is 1. The summed E-state index contributed by atoms with van der Waals surface area (Å²) in [5.41, 5.74) is 0.597. The molecule has 3 aromatic rings. The number of amides is 1. The zero-order valence-corrected chi connectivity index (χ0v) is 14.9. The first-order chi connectivity index (χ1) is 12.3. The predicted molar refractivity (Wildman–Crippen MR) is 97.8 cm³/mol. The minimum Gasteiger partial charge on any atom is -0.423 e. The van der Waals surface area contributed by atoms with E-state index in [9.17, 15) is 18.0 Å². The Morgan fingerprint density at radius 3 is 2.35 bits per heavy atom. The van der Waals surface area contributed by atoms with Gasteiger partial charge in [-0.1, -0.05) is 0 Å². The molecule has 0 aliphatic rings. The van der Waals surface area contributed by atoms with E-state index in [1.807, 2.05) is 0 Å². The monoisotopic (exact) mass is 372 g/mol. The van der Waals surface area contributed by atoms with Crippen LogP contribution in [-0.2, 0) is 10.0 Å². The van der Waals surface area contributed by atoms with Gasteiger partial charge in [0.05, 0.1) is 4.90 Å². The number of benzene rings is 2. The maximum atomic E-state index is 12.6. The average molecular weight is 372 g/mol. The second-order valence-electron chi connectivity index (χ2n) is 5.84. The van der Waals surface area contributed by atoms with E-state index in [4.69, 9.17) is 4.42 Å². The van der Waals surface area contributed by atoms with E-state index in [1.54, 1.807) is 26.2 Å². The number of carbonyl (C=O) groups is 1. The molecule has 0 fully saturated rings. The second-order valence-corrected chi connectivity index (χ2v) is 7.52. The SMILES string of the molecule is CN(C)C(=O)c1ccc(NS(=O)(=O)c2ccc3oc(=O)ccc3c2)cc1. The summed E-state index contributed by atoms with van der Waals surface area (Å²) in [6, 6.07) is 13.1. The van der Waals surface area contributed by atoms with E-state index >= 15 is 0 Å². The Labute approximate surface area is 149 Å². The van der Waals surface area contributed by atoms with Gasteiger partial charge in [-0.2, -0.15) is 0 Å². The summed E-state index contributed by atoms with van der Waals surface area (Å²) in [7, 11) is -0.550. The zero-order chi connectivity index (χ0) is 18.9. The number of nitrogens with zero attached hydrogens (tertiary/aromatic N) is 1. The molecule has 0 saturated carbocycles. The molecule has 2 aromatic carbocycles. The summed E-state index contributed by atoms with van der Waals surface area (Å²) < 4.78 is 32.6. The van der Waals surface area contributed by atoms with Gasteiger partial charge in [-0.25, -0.2) is 13.2 Å². The Morgan fingerprint density at radius 2 is 1.69 bits per heavy atom. The van der Waals surface area contributed by atoms with Crippen LogP contribution < -0.4 is 10.3 Å². The summed E-state index contributed by atoms with van der Waals surface area (Å²) >= 11 is 0. The van der Waals surface area contributed by atoms with E-state index in [0.29, 0.717) is 22.2 Å². The molecule has 1 aromatic heterocycles. The normalized spacial score (nSPS) is 11.3. The molecular formula is C18H16N2O5S. The van der Waals surface area contributed by atoms with E-state index in [0.717, 1.165) is 0 Å². The number of carbonyl (C=O) groups excluding carboxylic acids is 1. The first-order valence-electron chi connectivity index (χ1n) is 7.65. The number of hydrogen-bond donors (Lipinski definition) is 1. The van der Waals surface area contributed by atoms with E-state index in [-0.39, 0.29) is 10.8 Å². The Kier molecular flexibility index (Phi) is 4.52. The van der Waals surface area contributed by atoms with Crippen LogP contribution in [0.2, 0.25) is 0 Å². The fourth-order valence-corrected chi connectivity index (χ4v) is 3.46. The van der Waals surface area contributed by atoms with Crippen LogP contribution in [0, 0.1) is 0 Å². The van der Waals surface area contributed by atoms with Crippen LogP contribution in [0.4, 0.5) is 5.69 Å². The molecule has 0 saturated heterocycles. The highest BCUT2D eigenvalue weighted by Gasteiger charge is 2.16. The van der Waals surface area contributed by atoms with Gasteiger partial charge >= 0.3 is 5.63 Å². The molecule has 1 heterocycles. The maximum Gasteiger partial charge on any atom is 0.336 e. The molecule has 7 nitrogen and oxygen atoms in total. The summed E-state index contributed by atoms with van der Waals surface area (Å²) in [6.07, 6.45) is 0. The minimum atomic E-state index is -3.83. The molecule has 134 valence electrons. The standard InChI is InChI=1S/C18H16N2O5S/c1-20(2)18(22)12-3-6-14(7-4-12)19-26(23,24)15-8-9-16-13(11-15)5-10-17(21)25-16/h3-11,19H,1-2H3. The fraction of sp³-hybridized carbons (Fsp3) is 0.111. The molecule has 0 unspecified atom stereocenters. The van der Waals surface area contributed by atoms with Gasteiger partial charge in [0.15, 0.2) is 0 Å². The third kappa shape index (κ3) is 3.60. The van der Waals surface area contributed by atoms with Crippen molar-refractivity contribution in [1.29, 1.82) is 0 Å². The van der Waals surface area contributed by atoms with Crippen molar-refractivity contribution in [3.63, 3.8) is 0 Å². The van der Waals surface area contributed by atoms with Gasteiger partial charge in [0, 0.05) is 36.8 Å². The lowest BCUT2D eigenvalue weighted by Crippen LogP contribution is -2.21. The quantitative estimate of drug-likeness (QED) is 0.709. The van der Waals surface area contributed by atoms with Gasteiger partial charge in [0.1, 0.15) is 5.58 Å². The van der Waals surface area contributed by atoms with Crippen molar-refractivity contribution in [3.05, 3.63) is 70.6 Å². The van der Waals surface area contributed by atoms with Crippen LogP contribution in [0.5, 0.6) is 0 Å². The smallest absolute Gasteiger partial charge is 0.336 e. The van der Waals surface area contributed by atoms with Crippen LogP contribution in [0.15, 0.2) is 68.7 Å². The Balaban J connectivity index is 1.88. The Hall–Kier alpha value is -3.13. The van der Waals surface area contributed by atoms with Gasteiger partial charge in [-0.3, -0.25) is 9.52 Å². The lowest BCUT2D eigenvalue weighted by molar-refractivity contribution is 0.0827. The molecule has 0 aliphatic heterocycles.